The van der Waals surface area contributed by atoms with E-state index in [9.17, 15) is 9.90 Å². The third kappa shape index (κ3) is 2.42. The van der Waals surface area contributed by atoms with Crippen molar-refractivity contribution in [3.8, 4) is 0 Å². The van der Waals surface area contributed by atoms with Crippen LogP contribution in [-0.2, 0) is 0 Å². The van der Waals surface area contributed by atoms with Crippen LogP contribution in [0.3, 0.4) is 0 Å². The Bertz CT molecular complexity index is 627. The first kappa shape index (κ1) is 16.2. The number of aliphatic hydroxyl groups is 1. The van der Waals surface area contributed by atoms with Crippen LogP contribution in [0.4, 0.5) is 10.5 Å². The monoisotopic (exact) mass is 348 g/mol. The second-order valence-corrected chi connectivity index (χ2v) is 8.07. The molecule has 130 valence electrons. The number of amides is 2. The lowest BCUT2D eigenvalue weighted by atomic mass is 9.62. The first-order chi connectivity index (χ1) is 11.6. The highest BCUT2D eigenvalue weighted by molar-refractivity contribution is 6.30. The largest absolute Gasteiger partial charge is 0.370 e. The van der Waals surface area contributed by atoms with Crippen molar-refractivity contribution in [2.75, 3.05) is 4.90 Å². The Kier molecular flexibility index (Phi) is 4.00. The molecule has 4 rings (SSSR count). The Balaban J connectivity index is 1.76. The number of urea groups is 1. The van der Waals surface area contributed by atoms with E-state index in [2.05, 4.69) is 5.32 Å². The molecule has 3 fully saturated rings. The standard InChI is InChI=1S/C19H25ClN2O2/c20-14-7-9-15(10-8-14)22-17(23)21-18(11-3-1-4-12-18)16-6-2-5-13-19(16,22)24/h7-10,16,24H,1-6,11-13H2,(H,21,23)/t16-,19+/m0/s1. The number of nitrogens with one attached hydrogen (secondary N) is 1. The molecule has 0 aromatic heterocycles. The van der Waals surface area contributed by atoms with Crippen LogP contribution in [0.5, 0.6) is 0 Å². The van der Waals surface area contributed by atoms with Crippen LogP contribution in [0, 0.1) is 5.92 Å². The number of carbonyl (C=O) groups excluding carboxylic acids is 1. The zero-order valence-electron chi connectivity index (χ0n) is 13.9. The molecule has 0 unspecified atom stereocenters. The third-order valence-corrected chi connectivity index (χ3v) is 6.54. The predicted molar refractivity (Wildman–Crippen MR) is 95.2 cm³/mol. The summed E-state index contributed by atoms with van der Waals surface area (Å²) in [6.07, 6.45) is 9.17. The van der Waals surface area contributed by atoms with E-state index in [0.29, 0.717) is 11.4 Å². The van der Waals surface area contributed by atoms with Crippen molar-refractivity contribution in [2.24, 2.45) is 5.92 Å². The molecule has 0 bridgehead atoms. The third-order valence-electron chi connectivity index (χ3n) is 6.29. The zero-order chi connectivity index (χ0) is 16.8. The van der Waals surface area contributed by atoms with E-state index >= 15 is 0 Å². The van der Waals surface area contributed by atoms with Crippen LogP contribution in [0.1, 0.15) is 57.8 Å². The van der Waals surface area contributed by atoms with Crippen LogP contribution >= 0.6 is 11.6 Å². The predicted octanol–water partition coefficient (Wildman–Crippen LogP) is 4.45. The van der Waals surface area contributed by atoms with Gasteiger partial charge in [0.2, 0.25) is 0 Å². The minimum Gasteiger partial charge on any atom is -0.370 e. The summed E-state index contributed by atoms with van der Waals surface area (Å²) < 4.78 is 0. The maximum Gasteiger partial charge on any atom is 0.324 e. The number of rotatable bonds is 1. The van der Waals surface area contributed by atoms with Gasteiger partial charge in [-0.05, 0) is 56.4 Å². The molecule has 5 heteroatoms. The molecular formula is C19H25ClN2O2. The van der Waals surface area contributed by atoms with Gasteiger partial charge in [-0.3, -0.25) is 4.90 Å². The fraction of sp³-hybridized carbons (Fsp3) is 0.632. The summed E-state index contributed by atoms with van der Waals surface area (Å²) >= 11 is 5.99. The Morgan fingerprint density at radius 3 is 2.42 bits per heavy atom. The molecule has 0 radical (unpaired) electrons. The molecule has 1 heterocycles. The van der Waals surface area contributed by atoms with Gasteiger partial charge in [-0.15, -0.1) is 0 Å². The molecule has 1 aromatic rings. The summed E-state index contributed by atoms with van der Waals surface area (Å²) in [6.45, 7) is 0. The minimum absolute atomic E-state index is 0.0902. The lowest BCUT2D eigenvalue weighted by Gasteiger charge is -2.60. The number of hydrogen-bond donors (Lipinski definition) is 2. The second-order valence-electron chi connectivity index (χ2n) is 7.64. The van der Waals surface area contributed by atoms with Gasteiger partial charge in [-0.2, -0.15) is 0 Å². The van der Waals surface area contributed by atoms with Crippen LogP contribution in [0.25, 0.3) is 0 Å². The normalized spacial score (nSPS) is 32.3. The molecule has 2 atom stereocenters. The van der Waals surface area contributed by atoms with Crippen molar-refractivity contribution in [1.29, 1.82) is 0 Å². The molecule has 1 aliphatic heterocycles. The highest BCUT2D eigenvalue weighted by atomic mass is 35.5. The average Bonchev–Trinajstić information content (AvgIpc) is 2.57. The highest BCUT2D eigenvalue weighted by Crippen LogP contribution is 2.51. The van der Waals surface area contributed by atoms with E-state index < -0.39 is 5.72 Å². The molecular weight excluding hydrogens is 324 g/mol. The highest BCUT2D eigenvalue weighted by Gasteiger charge is 2.60. The fourth-order valence-electron chi connectivity index (χ4n) is 5.24. The van der Waals surface area contributed by atoms with Crippen molar-refractivity contribution < 1.29 is 9.90 Å². The van der Waals surface area contributed by atoms with Gasteiger partial charge in [0.25, 0.3) is 0 Å². The van der Waals surface area contributed by atoms with E-state index in [1.165, 1.54) is 6.42 Å². The van der Waals surface area contributed by atoms with Crippen molar-refractivity contribution in [2.45, 2.75) is 69.1 Å². The van der Waals surface area contributed by atoms with Crippen molar-refractivity contribution >= 4 is 23.3 Å². The van der Waals surface area contributed by atoms with Gasteiger partial charge in [-0.1, -0.05) is 37.3 Å². The van der Waals surface area contributed by atoms with Gasteiger partial charge in [0, 0.05) is 22.2 Å². The number of nitrogens with zero attached hydrogens (tertiary/aromatic N) is 1. The van der Waals surface area contributed by atoms with Gasteiger partial charge in [-0.25, -0.2) is 4.79 Å². The minimum atomic E-state index is -1.09. The van der Waals surface area contributed by atoms with Crippen molar-refractivity contribution in [1.82, 2.24) is 5.32 Å². The zero-order valence-corrected chi connectivity index (χ0v) is 14.7. The fourth-order valence-corrected chi connectivity index (χ4v) is 5.37. The van der Waals surface area contributed by atoms with Crippen molar-refractivity contribution in [3.05, 3.63) is 29.3 Å². The van der Waals surface area contributed by atoms with Gasteiger partial charge >= 0.3 is 6.03 Å². The Morgan fingerprint density at radius 2 is 1.71 bits per heavy atom. The molecule has 4 nitrogen and oxygen atoms in total. The summed E-state index contributed by atoms with van der Waals surface area (Å²) in [6, 6.07) is 7.03. The van der Waals surface area contributed by atoms with Gasteiger partial charge in [0.1, 0.15) is 0 Å². The number of anilines is 1. The van der Waals surface area contributed by atoms with E-state index in [-0.39, 0.29) is 17.5 Å². The molecule has 1 saturated heterocycles. The van der Waals surface area contributed by atoms with Crippen LogP contribution in [0.2, 0.25) is 5.02 Å². The number of fused-ring (bicyclic) bond motifs is 2. The molecule has 1 spiro atoms. The molecule has 2 aliphatic carbocycles. The smallest absolute Gasteiger partial charge is 0.324 e. The first-order valence-electron chi connectivity index (χ1n) is 9.16. The molecule has 2 amide bonds. The molecule has 2 N–H and O–H groups in total. The van der Waals surface area contributed by atoms with Crippen molar-refractivity contribution in [3.63, 3.8) is 0 Å². The maximum atomic E-state index is 13.0. The summed E-state index contributed by atoms with van der Waals surface area (Å²) in [7, 11) is 0. The number of halogens is 1. The lowest BCUT2D eigenvalue weighted by molar-refractivity contribution is -0.101. The van der Waals surface area contributed by atoms with E-state index in [1.807, 2.05) is 12.1 Å². The Hall–Kier alpha value is -1.26. The summed E-state index contributed by atoms with van der Waals surface area (Å²) in [4.78, 5) is 14.6. The summed E-state index contributed by atoms with van der Waals surface area (Å²) in [5.74, 6) is 0.0902. The number of benzene rings is 1. The van der Waals surface area contributed by atoms with Crippen LogP contribution in [-0.4, -0.2) is 22.4 Å². The van der Waals surface area contributed by atoms with Gasteiger partial charge in [0.15, 0.2) is 5.72 Å². The Morgan fingerprint density at radius 1 is 1.04 bits per heavy atom. The van der Waals surface area contributed by atoms with Gasteiger partial charge in [0.05, 0.1) is 0 Å². The molecule has 24 heavy (non-hydrogen) atoms. The molecule has 3 aliphatic rings. The average molecular weight is 349 g/mol. The summed E-state index contributed by atoms with van der Waals surface area (Å²) in [5.41, 5.74) is -0.601. The Labute approximate surface area is 148 Å². The van der Waals surface area contributed by atoms with Crippen LogP contribution < -0.4 is 10.2 Å². The quantitative estimate of drug-likeness (QED) is 0.787. The van der Waals surface area contributed by atoms with Gasteiger partial charge < -0.3 is 10.4 Å². The first-order valence-corrected chi connectivity index (χ1v) is 9.53. The van der Waals surface area contributed by atoms with E-state index in [0.717, 1.165) is 50.6 Å². The van der Waals surface area contributed by atoms with E-state index in [1.54, 1.807) is 17.0 Å². The van der Waals surface area contributed by atoms with Crippen LogP contribution in [0.15, 0.2) is 24.3 Å². The lowest BCUT2D eigenvalue weighted by Crippen LogP contribution is -2.76. The number of hydrogen-bond acceptors (Lipinski definition) is 2. The number of carbonyl (C=O) groups is 1. The van der Waals surface area contributed by atoms with E-state index in [4.69, 9.17) is 11.6 Å². The molecule has 1 aromatic carbocycles. The SMILES string of the molecule is O=C1NC2(CCCCC2)[C@@H]2CCCC[C@]2(O)N1c1ccc(Cl)cc1. The summed E-state index contributed by atoms with van der Waals surface area (Å²) in [5, 5.41) is 15.6. The molecule has 2 saturated carbocycles. The maximum absolute atomic E-state index is 13.0. The second kappa shape index (κ2) is 5.92. The topological polar surface area (TPSA) is 52.6 Å².